The number of imide groups is 1. The van der Waals surface area contributed by atoms with Crippen LogP contribution in [0.1, 0.15) is 22.3 Å². The number of anilines is 1. The highest BCUT2D eigenvalue weighted by molar-refractivity contribution is 8.19. The number of hydrogen-bond acceptors (Lipinski definition) is 4. The lowest BCUT2D eigenvalue weighted by Crippen LogP contribution is -2.28. The number of thioether (sulfide) groups is 1. The van der Waals surface area contributed by atoms with Crippen LogP contribution in [-0.4, -0.2) is 11.1 Å². The third kappa shape index (κ3) is 4.53. The van der Waals surface area contributed by atoms with E-state index in [0.717, 1.165) is 34.0 Å². The SMILES string of the molecule is Cc1cccc(N2C(=O)S/C(=C\c3ccccc3OCc3ccc(Cl)cc3)C2=O)c1C. The van der Waals surface area contributed by atoms with Crippen molar-refractivity contribution in [2.45, 2.75) is 20.5 Å². The quantitative estimate of drug-likeness (QED) is 0.403. The third-order valence-corrected chi connectivity index (χ3v) is 6.25. The van der Waals surface area contributed by atoms with Crippen LogP contribution in [0, 0.1) is 13.8 Å². The van der Waals surface area contributed by atoms with Crippen molar-refractivity contribution in [1.82, 2.24) is 0 Å². The number of carbonyl (C=O) groups excluding carboxylic acids is 2. The summed E-state index contributed by atoms with van der Waals surface area (Å²) in [6.07, 6.45) is 1.72. The maximum atomic E-state index is 13.1. The molecule has 4 rings (SSSR count). The summed E-state index contributed by atoms with van der Waals surface area (Å²) in [7, 11) is 0. The number of amides is 2. The van der Waals surface area contributed by atoms with Crippen molar-refractivity contribution in [2.75, 3.05) is 4.90 Å². The van der Waals surface area contributed by atoms with E-state index in [2.05, 4.69) is 0 Å². The fourth-order valence-electron chi connectivity index (χ4n) is 3.27. The van der Waals surface area contributed by atoms with Crippen molar-refractivity contribution < 1.29 is 14.3 Å². The minimum Gasteiger partial charge on any atom is -0.488 e. The Morgan fingerprint density at radius 2 is 1.71 bits per heavy atom. The predicted molar refractivity (Wildman–Crippen MR) is 127 cm³/mol. The first-order valence-electron chi connectivity index (χ1n) is 9.74. The number of ether oxygens (including phenoxy) is 1. The first-order valence-corrected chi connectivity index (χ1v) is 10.9. The smallest absolute Gasteiger partial charge is 0.298 e. The number of aryl methyl sites for hydroxylation is 1. The molecule has 0 saturated carbocycles. The maximum Gasteiger partial charge on any atom is 0.298 e. The van der Waals surface area contributed by atoms with Gasteiger partial charge in [0.2, 0.25) is 0 Å². The largest absolute Gasteiger partial charge is 0.488 e. The van der Waals surface area contributed by atoms with Gasteiger partial charge in [0.25, 0.3) is 11.1 Å². The molecule has 0 atom stereocenters. The lowest BCUT2D eigenvalue weighted by molar-refractivity contribution is -0.113. The molecule has 1 aliphatic heterocycles. The summed E-state index contributed by atoms with van der Waals surface area (Å²) >= 11 is 6.87. The van der Waals surface area contributed by atoms with Crippen molar-refractivity contribution in [1.29, 1.82) is 0 Å². The van der Waals surface area contributed by atoms with E-state index in [4.69, 9.17) is 16.3 Å². The van der Waals surface area contributed by atoms with E-state index in [-0.39, 0.29) is 11.1 Å². The Morgan fingerprint density at radius 1 is 0.968 bits per heavy atom. The Bertz CT molecular complexity index is 1190. The third-order valence-electron chi connectivity index (χ3n) is 5.12. The molecule has 0 bridgehead atoms. The minimum atomic E-state index is -0.323. The molecule has 4 nitrogen and oxygen atoms in total. The molecule has 0 radical (unpaired) electrons. The van der Waals surface area contributed by atoms with Gasteiger partial charge in [0.05, 0.1) is 10.6 Å². The van der Waals surface area contributed by atoms with Crippen molar-refractivity contribution >= 4 is 46.3 Å². The average molecular weight is 450 g/mol. The van der Waals surface area contributed by atoms with Crippen LogP contribution >= 0.6 is 23.4 Å². The number of nitrogens with zero attached hydrogens (tertiary/aromatic N) is 1. The molecule has 3 aromatic carbocycles. The fourth-order valence-corrected chi connectivity index (χ4v) is 4.22. The molecule has 1 fully saturated rings. The standard InChI is InChI=1S/C25H20ClNO3S/c1-16-6-5-8-21(17(16)2)27-24(28)23(31-25(27)29)14-19-7-3-4-9-22(19)30-15-18-10-12-20(26)13-11-18/h3-14H,15H2,1-2H3/b23-14-. The van der Waals surface area contributed by atoms with Crippen LogP contribution in [0.25, 0.3) is 6.08 Å². The summed E-state index contributed by atoms with van der Waals surface area (Å²) in [5, 5.41) is 0.369. The molecule has 1 aliphatic rings. The Kier molecular flexibility index (Phi) is 6.16. The molecule has 6 heteroatoms. The summed E-state index contributed by atoms with van der Waals surface area (Å²) < 4.78 is 5.98. The van der Waals surface area contributed by atoms with E-state index in [1.54, 1.807) is 12.1 Å². The Hall–Kier alpha value is -3.02. The molecular weight excluding hydrogens is 430 g/mol. The topological polar surface area (TPSA) is 46.6 Å². The highest BCUT2D eigenvalue weighted by Gasteiger charge is 2.37. The Balaban J connectivity index is 1.59. The number of rotatable bonds is 5. The summed E-state index contributed by atoms with van der Waals surface area (Å²) in [4.78, 5) is 27.3. The van der Waals surface area contributed by atoms with E-state index in [9.17, 15) is 9.59 Å². The number of para-hydroxylation sites is 1. The highest BCUT2D eigenvalue weighted by atomic mass is 35.5. The summed E-state index contributed by atoms with van der Waals surface area (Å²) in [5.41, 5.74) is 4.29. The van der Waals surface area contributed by atoms with Gasteiger partial charge >= 0.3 is 0 Å². The van der Waals surface area contributed by atoms with Crippen molar-refractivity contribution in [3.05, 3.63) is 98.9 Å². The molecule has 1 heterocycles. The maximum absolute atomic E-state index is 13.1. The van der Waals surface area contributed by atoms with E-state index < -0.39 is 0 Å². The number of benzene rings is 3. The van der Waals surface area contributed by atoms with Crippen LogP contribution in [0.2, 0.25) is 5.02 Å². The second-order valence-corrected chi connectivity index (χ2v) is 8.62. The van der Waals surface area contributed by atoms with Gasteiger partial charge in [-0.15, -0.1) is 0 Å². The van der Waals surface area contributed by atoms with Crippen LogP contribution < -0.4 is 9.64 Å². The zero-order valence-electron chi connectivity index (χ0n) is 17.1. The van der Waals surface area contributed by atoms with Gasteiger partial charge in [-0.3, -0.25) is 9.59 Å². The van der Waals surface area contributed by atoms with Crippen LogP contribution in [0.3, 0.4) is 0 Å². The Labute approximate surface area is 190 Å². The van der Waals surface area contributed by atoms with Crippen LogP contribution in [-0.2, 0) is 11.4 Å². The van der Waals surface area contributed by atoms with E-state index in [1.165, 1.54) is 4.90 Å². The molecular formula is C25H20ClNO3S. The van der Waals surface area contributed by atoms with Gasteiger partial charge < -0.3 is 4.74 Å². The lowest BCUT2D eigenvalue weighted by atomic mass is 10.1. The minimum absolute atomic E-state index is 0.301. The number of halogens is 1. The Morgan fingerprint density at radius 3 is 2.48 bits per heavy atom. The van der Waals surface area contributed by atoms with E-state index in [0.29, 0.717) is 28.0 Å². The monoisotopic (exact) mass is 449 g/mol. The van der Waals surface area contributed by atoms with Gasteiger partial charge in [-0.25, -0.2) is 4.90 Å². The van der Waals surface area contributed by atoms with Crippen molar-refractivity contribution in [3.8, 4) is 5.75 Å². The van der Waals surface area contributed by atoms with Crippen LogP contribution in [0.4, 0.5) is 10.5 Å². The fraction of sp³-hybridized carbons (Fsp3) is 0.120. The second kappa shape index (κ2) is 9.00. The van der Waals surface area contributed by atoms with Crippen molar-refractivity contribution in [2.24, 2.45) is 0 Å². The molecule has 1 saturated heterocycles. The van der Waals surface area contributed by atoms with Crippen LogP contribution in [0.15, 0.2) is 71.6 Å². The molecule has 0 aromatic heterocycles. The lowest BCUT2D eigenvalue weighted by Gasteiger charge is -2.16. The second-order valence-electron chi connectivity index (χ2n) is 7.19. The molecule has 0 aliphatic carbocycles. The number of carbonyl (C=O) groups is 2. The van der Waals surface area contributed by atoms with Gasteiger partial charge in [0.1, 0.15) is 12.4 Å². The molecule has 3 aromatic rings. The first-order chi connectivity index (χ1) is 14.9. The van der Waals surface area contributed by atoms with Crippen molar-refractivity contribution in [3.63, 3.8) is 0 Å². The van der Waals surface area contributed by atoms with E-state index in [1.807, 2.05) is 74.5 Å². The molecule has 2 amide bonds. The van der Waals surface area contributed by atoms with Gasteiger partial charge in [0.15, 0.2) is 0 Å². The zero-order chi connectivity index (χ0) is 22.0. The first kappa shape index (κ1) is 21.2. The molecule has 0 N–H and O–H groups in total. The molecule has 156 valence electrons. The zero-order valence-corrected chi connectivity index (χ0v) is 18.7. The summed E-state index contributed by atoms with van der Waals surface area (Å²) in [5.74, 6) is 0.312. The van der Waals surface area contributed by atoms with Gasteiger partial charge in [-0.05, 0) is 72.6 Å². The van der Waals surface area contributed by atoms with Crippen LogP contribution in [0.5, 0.6) is 5.75 Å². The van der Waals surface area contributed by atoms with E-state index >= 15 is 0 Å². The van der Waals surface area contributed by atoms with Gasteiger partial charge in [-0.2, -0.15) is 0 Å². The molecule has 0 unspecified atom stereocenters. The summed E-state index contributed by atoms with van der Waals surface area (Å²) in [6, 6.07) is 20.5. The van der Waals surface area contributed by atoms with Gasteiger partial charge in [-0.1, -0.05) is 54.1 Å². The summed E-state index contributed by atoms with van der Waals surface area (Å²) in [6.45, 7) is 4.24. The normalized spacial score (nSPS) is 15.1. The molecule has 0 spiro atoms. The predicted octanol–water partition coefficient (Wildman–Crippen LogP) is 6.78. The number of hydrogen-bond donors (Lipinski definition) is 0. The average Bonchev–Trinajstić information content (AvgIpc) is 3.03. The highest BCUT2D eigenvalue weighted by Crippen LogP contribution is 2.38. The van der Waals surface area contributed by atoms with Gasteiger partial charge in [0, 0.05) is 10.6 Å². The molecule has 31 heavy (non-hydrogen) atoms.